The lowest BCUT2D eigenvalue weighted by atomic mass is 10.1. The van der Waals surface area contributed by atoms with Crippen LogP contribution in [0.2, 0.25) is 0 Å². The smallest absolute Gasteiger partial charge is 0.416 e. The summed E-state index contributed by atoms with van der Waals surface area (Å²) >= 11 is 0. The highest BCUT2D eigenvalue weighted by Gasteiger charge is 2.30. The fourth-order valence-corrected chi connectivity index (χ4v) is 1.87. The lowest BCUT2D eigenvalue weighted by Gasteiger charge is -2.10. The van der Waals surface area contributed by atoms with Crippen LogP contribution in [0, 0.1) is 0 Å². The number of aliphatic hydroxyl groups excluding tert-OH is 1. The average Bonchev–Trinajstić information content (AvgIpc) is 3.00. The van der Waals surface area contributed by atoms with Crippen LogP contribution in [0.15, 0.2) is 47.3 Å². The van der Waals surface area contributed by atoms with E-state index in [1.807, 2.05) is 0 Å². The van der Waals surface area contributed by atoms with E-state index < -0.39 is 23.8 Å². The zero-order valence-corrected chi connectivity index (χ0v) is 11.4. The molecule has 1 amide bonds. The summed E-state index contributed by atoms with van der Waals surface area (Å²) in [4.78, 5) is 11.8. The second-order valence-corrected chi connectivity index (χ2v) is 4.69. The number of carbonyl (C=O) groups is 1. The van der Waals surface area contributed by atoms with Gasteiger partial charge in [-0.15, -0.1) is 0 Å². The van der Waals surface area contributed by atoms with Crippen molar-refractivity contribution >= 4 is 5.91 Å². The Labute approximate surface area is 124 Å². The quantitative estimate of drug-likeness (QED) is 0.891. The second-order valence-electron chi connectivity index (χ2n) is 4.69. The minimum atomic E-state index is -4.43. The maximum absolute atomic E-state index is 12.4. The van der Waals surface area contributed by atoms with Gasteiger partial charge in [0.25, 0.3) is 5.91 Å². The molecule has 0 saturated carbocycles. The Kier molecular flexibility index (Phi) is 4.87. The first-order valence-corrected chi connectivity index (χ1v) is 6.53. The second kappa shape index (κ2) is 6.65. The zero-order valence-electron chi connectivity index (χ0n) is 11.4. The SMILES string of the molecule is O=C(NCCC(O)c1ccoc1)c1ccc(C(F)(F)F)cc1. The molecule has 1 atom stereocenters. The van der Waals surface area contributed by atoms with Crippen LogP contribution in [0.3, 0.4) is 0 Å². The minimum absolute atomic E-state index is 0.130. The summed E-state index contributed by atoms with van der Waals surface area (Å²) < 4.78 is 42.1. The standard InChI is InChI=1S/C15H14F3NO3/c16-15(17,18)12-3-1-10(2-4-12)14(21)19-7-5-13(20)11-6-8-22-9-11/h1-4,6,8-9,13,20H,5,7H2,(H,19,21). The third kappa shape index (κ3) is 4.11. The number of nitrogens with one attached hydrogen (secondary N) is 1. The normalized spacial score (nSPS) is 12.9. The van der Waals surface area contributed by atoms with Crippen molar-refractivity contribution in [2.45, 2.75) is 18.7 Å². The molecule has 1 aromatic heterocycles. The van der Waals surface area contributed by atoms with Crippen LogP contribution in [0.25, 0.3) is 0 Å². The number of alkyl halides is 3. The van der Waals surface area contributed by atoms with Gasteiger partial charge in [-0.1, -0.05) is 0 Å². The summed E-state index contributed by atoms with van der Waals surface area (Å²) in [7, 11) is 0. The van der Waals surface area contributed by atoms with Gasteiger partial charge in [0.15, 0.2) is 0 Å². The number of carbonyl (C=O) groups excluding carboxylic acids is 1. The van der Waals surface area contributed by atoms with Crippen LogP contribution in [-0.2, 0) is 6.18 Å². The molecule has 2 aromatic rings. The Balaban J connectivity index is 1.85. The van der Waals surface area contributed by atoms with Gasteiger partial charge in [0.05, 0.1) is 24.2 Å². The van der Waals surface area contributed by atoms with Crippen LogP contribution in [0.1, 0.15) is 34.0 Å². The van der Waals surface area contributed by atoms with Gasteiger partial charge in [0.1, 0.15) is 0 Å². The molecular weight excluding hydrogens is 299 g/mol. The monoisotopic (exact) mass is 313 g/mol. The first-order valence-electron chi connectivity index (χ1n) is 6.53. The molecule has 22 heavy (non-hydrogen) atoms. The molecular formula is C15H14F3NO3. The van der Waals surface area contributed by atoms with Crippen molar-refractivity contribution in [2.75, 3.05) is 6.54 Å². The average molecular weight is 313 g/mol. The molecule has 2 N–H and O–H groups in total. The van der Waals surface area contributed by atoms with Gasteiger partial charge in [-0.3, -0.25) is 4.79 Å². The highest BCUT2D eigenvalue weighted by Crippen LogP contribution is 2.29. The van der Waals surface area contributed by atoms with E-state index in [1.54, 1.807) is 6.07 Å². The molecule has 0 aliphatic rings. The van der Waals surface area contributed by atoms with Crippen LogP contribution in [0.4, 0.5) is 13.2 Å². The first kappa shape index (κ1) is 16.1. The predicted molar refractivity (Wildman–Crippen MR) is 72.1 cm³/mol. The van der Waals surface area contributed by atoms with Gasteiger partial charge in [-0.25, -0.2) is 0 Å². The van der Waals surface area contributed by atoms with Gasteiger partial charge >= 0.3 is 6.18 Å². The molecule has 0 spiro atoms. The highest BCUT2D eigenvalue weighted by atomic mass is 19.4. The van der Waals surface area contributed by atoms with Gasteiger partial charge < -0.3 is 14.8 Å². The van der Waals surface area contributed by atoms with E-state index in [1.165, 1.54) is 12.5 Å². The number of halogens is 3. The fraction of sp³-hybridized carbons (Fsp3) is 0.267. The number of furan rings is 1. The van der Waals surface area contributed by atoms with Crippen molar-refractivity contribution in [3.63, 3.8) is 0 Å². The van der Waals surface area contributed by atoms with Crippen LogP contribution >= 0.6 is 0 Å². The molecule has 1 aromatic carbocycles. The zero-order chi connectivity index (χ0) is 16.2. The first-order chi connectivity index (χ1) is 10.4. The van der Waals surface area contributed by atoms with E-state index in [4.69, 9.17) is 4.42 Å². The summed E-state index contributed by atoms with van der Waals surface area (Å²) in [5.74, 6) is -0.492. The molecule has 1 heterocycles. The van der Waals surface area contributed by atoms with Crippen molar-refractivity contribution in [3.8, 4) is 0 Å². The van der Waals surface area contributed by atoms with Gasteiger partial charge in [-0.05, 0) is 36.8 Å². The Morgan fingerprint density at radius 2 is 1.91 bits per heavy atom. The van der Waals surface area contributed by atoms with Crippen LogP contribution < -0.4 is 5.32 Å². The highest BCUT2D eigenvalue weighted by molar-refractivity contribution is 5.94. The maximum atomic E-state index is 12.4. The van der Waals surface area contributed by atoms with Crippen LogP contribution in [-0.4, -0.2) is 17.6 Å². The fourth-order valence-electron chi connectivity index (χ4n) is 1.87. The van der Waals surface area contributed by atoms with Crippen molar-refractivity contribution in [1.29, 1.82) is 0 Å². The summed E-state index contributed by atoms with van der Waals surface area (Å²) in [5, 5.41) is 12.3. The van der Waals surface area contributed by atoms with Crippen molar-refractivity contribution in [1.82, 2.24) is 5.32 Å². The number of benzene rings is 1. The molecule has 0 aliphatic heterocycles. The van der Waals surface area contributed by atoms with E-state index >= 15 is 0 Å². The lowest BCUT2D eigenvalue weighted by Crippen LogP contribution is -2.25. The molecule has 4 nitrogen and oxygen atoms in total. The lowest BCUT2D eigenvalue weighted by molar-refractivity contribution is -0.137. The maximum Gasteiger partial charge on any atom is 0.416 e. The third-order valence-electron chi connectivity index (χ3n) is 3.11. The molecule has 0 fully saturated rings. The molecule has 118 valence electrons. The van der Waals surface area contributed by atoms with E-state index in [9.17, 15) is 23.1 Å². The summed E-state index contributed by atoms with van der Waals surface area (Å²) in [6.45, 7) is 0.187. The molecule has 0 bridgehead atoms. The Bertz CT molecular complexity index is 606. The largest absolute Gasteiger partial charge is 0.472 e. The number of aliphatic hydroxyl groups is 1. The molecule has 0 aliphatic carbocycles. The topological polar surface area (TPSA) is 62.5 Å². The Morgan fingerprint density at radius 3 is 2.45 bits per heavy atom. The van der Waals surface area contributed by atoms with Gasteiger partial charge in [-0.2, -0.15) is 13.2 Å². The Morgan fingerprint density at radius 1 is 1.23 bits per heavy atom. The number of hydrogen-bond donors (Lipinski definition) is 2. The van der Waals surface area contributed by atoms with Crippen LogP contribution in [0.5, 0.6) is 0 Å². The van der Waals surface area contributed by atoms with E-state index in [0.29, 0.717) is 5.56 Å². The number of amides is 1. The van der Waals surface area contributed by atoms with E-state index in [2.05, 4.69) is 5.32 Å². The molecule has 7 heteroatoms. The number of rotatable bonds is 5. The summed E-state index contributed by atoms with van der Waals surface area (Å²) in [6, 6.07) is 5.56. The minimum Gasteiger partial charge on any atom is -0.472 e. The predicted octanol–water partition coefficient (Wildman–Crippen LogP) is 3.15. The number of hydrogen-bond acceptors (Lipinski definition) is 3. The molecule has 2 rings (SSSR count). The third-order valence-corrected chi connectivity index (χ3v) is 3.11. The van der Waals surface area contributed by atoms with E-state index in [-0.39, 0.29) is 18.5 Å². The van der Waals surface area contributed by atoms with Crippen molar-refractivity contribution < 1.29 is 27.5 Å². The molecule has 1 unspecified atom stereocenters. The Hall–Kier alpha value is -2.28. The summed E-state index contributed by atoms with van der Waals surface area (Å²) in [6.07, 6.45) is -2.09. The summed E-state index contributed by atoms with van der Waals surface area (Å²) in [5.41, 5.74) is -0.0750. The molecule has 0 radical (unpaired) electrons. The molecule has 0 saturated heterocycles. The van der Waals surface area contributed by atoms with Crippen molar-refractivity contribution in [2.24, 2.45) is 0 Å². The van der Waals surface area contributed by atoms with Gasteiger partial charge in [0.2, 0.25) is 0 Å². The van der Waals surface area contributed by atoms with E-state index in [0.717, 1.165) is 24.3 Å². The van der Waals surface area contributed by atoms with Gasteiger partial charge in [0, 0.05) is 17.7 Å². The van der Waals surface area contributed by atoms with Crippen molar-refractivity contribution in [3.05, 3.63) is 59.5 Å².